The molecule has 1 unspecified atom stereocenters. The average molecular weight is 244 g/mol. The maximum atomic E-state index is 5.96. The minimum absolute atomic E-state index is 0.0121. The minimum Gasteiger partial charge on any atom is -0.305 e. The molecule has 92 valence electrons. The van der Waals surface area contributed by atoms with E-state index < -0.39 is 0 Å². The van der Waals surface area contributed by atoms with Crippen molar-refractivity contribution < 1.29 is 0 Å². The van der Waals surface area contributed by atoms with Gasteiger partial charge in [0.1, 0.15) is 0 Å². The third kappa shape index (κ3) is 3.22. The van der Waals surface area contributed by atoms with Crippen LogP contribution in [0.3, 0.4) is 0 Å². The zero-order valence-electron chi connectivity index (χ0n) is 10.7. The highest BCUT2D eigenvalue weighted by atomic mass is 35.5. The number of nitrogens with zero attached hydrogens (tertiary/aromatic N) is 2. The van der Waals surface area contributed by atoms with Crippen molar-refractivity contribution in [2.24, 2.45) is 7.05 Å². The van der Waals surface area contributed by atoms with Crippen molar-refractivity contribution in [1.29, 1.82) is 0 Å². The molecule has 0 saturated carbocycles. The molecule has 0 radical (unpaired) electrons. The van der Waals surface area contributed by atoms with Crippen LogP contribution in [0.2, 0.25) is 0 Å². The molecule has 3 nitrogen and oxygen atoms in total. The molecule has 0 amide bonds. The number of hydrogen-bond donors (Lipinski definition) is 1. The molecule has 0 fully saturated rings. The highest BCUT2D eigenvalue weighted by molar-refractivity contribution is 6.18. The van der Waals surface area contributed by atoms with Crippen LogP contribution < -0.4 is 5.32 Å². The van der Waals surface area contributed by atoms with E-state index in [-0.39, 0.29) is 5.54 Å². The Morgan fingerprint density at radius 3 is 2.62 bits per heavy atom. The fourth-order valence-electron chi connectivity index (χ4n) is 1.48. The van der Waals surface area contributed by atoms with Crippen molar-refractivity contribution in [3.05, 3.63) is 17.5 Å². The number of halogens is 1. The lowest BCUT2D eigenvalue weighted by atomic mass is 10.0. The standard InChI is InChI=1S/C12H22ClN3/c1-5-10-7-11(16(4)15-10)8-14-12(3,6-2)9-13/h7,14H,5-6,8-9H2,1-4H3. The Morgan fingerprint density at radius 1 is 1.50 bits per heavy atom. The van der Waals surface area contributed by atoms with Crippen LogP contribution in [-0.2, 0) is 20.0 Å². The highest BCUT2D eigenvalue weighted by Gasteiger charge is 2.20. The van der Waals surface area contributed by atoms with Gasteiger partial charge in [0.25, 0.3) is 0 Å². The summed E-state index contributed by atoms with van der Waals surface area (Å²) in [6.45, 7) is 7.24. The second-order valence-electron chi connectivity index (χ2n) is 4.51. The summed E-state index contributed by atoms with van der Waals surface area (Å²) in [5, 5.41) is 7.92. The van der Waals surface area contributed by atoms with Crippen LogP contribution in [0.1, 0.15) is 38.6 Å². The second kappa shape index (κ2) is 5.69. The zero-order valence-corrected chi connectivity index (χ0v) is 11.4. The molecule has 0 aromatic carbocycles. The molecule has 1 atom stereocenters. The van der Waals surface area contributed by atoms with Crippen LogP contribution in [0.4, 0.5) is 0 Å². The number of aromatic nitrogens is 2. The first kappa shape index (κ1) is 13.5. The fourth-order valence-corrected chi connectivity index (χ4v) is 1.76. The van der Waals surface area contributed by atoms with Gasteiger partial charge in [-0.3, -0.25) is 4.68 Å². The Bertz CT molecular complexity index is 329. The molecule has 0 saturated heterocycles. The summed E-state index contributed by atoms with van der Waals surface area (Å²) < 4.78 is 1.94. The summed E-state index contributed by atoms with van der Waals surface area (Å²) in [5.74, 6) is 0.627. The summed E-state index contributed by atoms with van der Waals surface area (Å²) in [7, 11) is 1.99. The van der Waals surface area contributed by atoms with Gasteiger partial charge in [-0.15, -0.1) is 11.6 Å². The Hall–Kier alpha value is -0.540. The Kier molecular flexibility index (Phi) is 4.81. The third-order valence-electron chi connectivity index (χ3n) is 3.16. The summed E-state index contributed by atoms with van der Waals surface area (Å²) in [5.41, 5.74) is 2.36. The van der Waals surface area contributed by atoms with E-state index in [9.17, 15) is 0 Å². The first-order chi connectivity index (χ1) is 7.54. The van der Waals surface area contributed by atoms with Crippen LogP contribution in [0.25, 0.3) is 0 Å². The topological polar surface area (TPSA) is 29.9 Å². The third-order valence-corrected chi connectivity index (χ3v) is 3.75. The van der Waals surface area contributed by atoms with E-state index in [2.05, 4.69) is 37.3 Å². The number of rotatable bonds is 6. The van der Waals surface area contributed by atoms with Crippen LogP contribution >= 0.6 is 11.6 Å². The molecule has 1 rings (SSSR count). The summed E-state index contributed by atoms with van der Waals surface area (Å²) in [6, 6.07) is 2.15. The molecule has 1 aromatic heterocycles. The van der Waals surface area contributed by atoms with E-state index in [1.807, 2.05) is 11.7 Å². The van der Waals surface area contributed by atoms with Gasteiger partial charge in [0.2, 0.25) is 0 Å². The van der Waals surface area contributed by atoms with E-state index in [0.29, 0.717) is 5.88 Å². The van der Waals surface area contributed by atoms with Crippen LogP contribution in [0, 0.1) is 0 Å². The number of aryl methyl sites for hydroxylation is 2. The molecular formula is C12H22ClN3. The van der Waals surface area contributed by atoms with Crippen molar-refractivity contribution in [3.8, 4) is 0 Å². The van der Waals surface area contributed by atoms with Gasteiger partial charge in [0.15, 0.2) is 0 Å². The van der Waals surface area contributed by atoms with E-state index in [0.717, 1.165) is 25.1 Å². The summed E-state index contributed by atoms with van der Waals surface area (Å²) in [4.78, 5) is 0. The van der Waals surface area contributed by atoms with Gasteiger partial charge >= 0.3 is 0 Å². The van der Waals surface area contributed by atoms with Gasteiger partial charge in [0, 0.05) is 25.0 Å². The van der Waals surface area contributed by atoms with Crippen LogP contribution in [0.5, 0.6) is 0 Å². The number of alkyl halides is 1. The van der Waals surface area contributed by atoms with Crippen LogP contribution in [-0.4, -0.2) is 21.2 Å². The van der Waals surface area contributed by atoms with Gasteiger partial charge in [-0.05, 0) is 25.8 Å². The number of hydrogen-bond acceptors (Lipinski definition) is 2. The Labute approximate surface area is 103 Å². The van der Waals surface area contributed by atoms with E-state index in [1.165, 1.54) is 5.69 Å². The van der Waals surface area contributed by atoms with Gasteiger partial charge < -0.3 is 5.32 Å². The predicted molar refractivity (Wildman–Crippen MR) is 68.8 cm³/mol. The Morgan fingerprint density at radius 2 is 2.19 bits per heavy atom. The molecule has 1 aromatic rings. The van der Waals surface area contributed by atoms with Gasteiger partial charge in [0.05, 0.1) is 11.4 Å². The van der Waals surface area contributed by atoms with Crippen molar-refractivity contribution in [3.63, 3.8) is 0 Å². The molecule has 4 heteroatoms. The molecule has 0 spiro atoms. The maximum absolute atomic E-state index is 5.96. The van der Waals surface area contributed by atoms with Gasteiger partial charge in [-0.1, -0.05) is 13.8 Å². The first-order valence-corrected chi connectivity index (χ1v) is 6.41. The zero-order chi connectivity index (χ0) is 12.2. The largest absolute Gasteiger partial charge is 0.305 e. The molecule has 0 aliphatic rings. The lowest BCUT2D eigenvalue weighted by molar-refractivity contribution is 0.373. The quantitative estimate of drug-likeness (QED) is 0.778. The average Bonchev–Trinajstić information content (AvgIpc) is 2.67. The predicted octanol–water partition coefficient (Wildman–Crippen LogP) is 2.48. The second-order valence-corrected chi connectivity index (χ2v) is 4.77. The molecular weight excluding hydrogens is 222 g/mol. The van der Waals surface area contributed by atoms with E-state index >= 15 is 0 Å². The molecule has 0 aliphatic heterocycles. The van der Waals surface area contributed by atoms with E-state index in [4.69, 9.17) is 11.6 Å². The molecule has 0 bridgehead atoms. The summed E-state index contributed by atoms with van der Waals surface area (Å²) >= 11 is 5.96. The molecule has 1 heterocycles. The fraction of sp³-hybridized carbons (Fsp3) is 0.750. The highest BCUT2D eigenvalue weighted by Crippen LogP contribution is 2.13. The van der Waals surface area contributed by atoms with Crippen molar-refractivity contribution >= 4 is 11.6 Å². The van der Waals surface area contributed by atoms with Crippen molar-refractivity contribution in [2.75, 3.05) is 5.88 Å². The lowest BCUT2D eigenvalue weighted by Gasteiger charge is -2.27. The molecule has 0 aliphatic carbocycles. The lowest BCUT2D eigenvalue weighted by Crippen LogP contribution is -2.43. The SMILES string of the molecule is CCc1cc(CNC(C)(CC)CCl)n(C)n1. The normalized spacial score (nSPS) is 15.1. The van der Waals surface area contributed by atoms with Crippen molar-refractivity contribution in [1.82, 2.24) is 15.1 Å². The van der Waals surface area contributed by atoms with Crippen LogP contribution in [0.15, 0.2) is 6.07 Å². The molecule has 1 N–H and O–H groups in total. The maximum Gasteiger partial charge on any atom is 0.0625 e. The summed E-state index contributed by atoms with van der Waals surface area (Å²) in [6.07, 6.45) is 2.00. The number of nitrogens with one attached hydrogen (secondary N) is 1. The van der Waals surface area contributed by atoms with Crippen molar-refractivity contribution in [2.45, 2.75) is 45.7 Å². The Balaban J connectivity index is 2.63. The van der Waals surface area contributed by atoms with E-state index in [1.54, 1.807) is 0 Å². The smallest absolute Gasteiger partial charge is 0.0625 e. The van der Waals surface area contributed by atoms with Gasteiger partial charge in [-0.25, -0.2) is 0 Å². The first-order valence-electron chi connectivity index (χ1n) is 5.87. The monoisotopic (exact) mass is 243 g/mol. The minimum atomic E-state index is 0.0121. The molecule has 16 heavy (non-hydrogen) atoms. The van der Waals surface area contributed by atoms with Gasteiger partial charge in [-0.2, -0.15) is 5.10 Å².